The van der Waals surface area contributed by atoms with Crippen LogP contribution in [0.3, 0.4) is 0 Å². The van der Waals surface area contributed by atoms with Gasteiger partial charge in [-0.1, -0.05) is 29.8 Å². The molecule has 0 radical (unpaired) electrons. The van der Waals surface area contributed by atoms with Gasteiger partial charge >= 0.3 is 0 Å². The Morgan fingerprint density at radius 3 is 2.77 bits per heavy atom. The molecule has 0 aliphatic carbocycles. The molecule has 1 aliphatic heterocycles. The van der Waals surface area contributed by atoms with Crippen LogP contribution in [0, 0.1) is 0 Å². The van der Waals surface area contributed by atoms with Crippen LogP contribution in [0.25, 0.3) is 21.7 Å². The largest absolute Gasteiger partial charge is 0.357 e. The van der Waals surface area contributed by atoms with Crippen molar-refractivity contribution in [2.75, 3.05) is 19.6 Å². The number of fused-ring (bicyclic) bond motifs is 2. The van der Waals surface area contributed by atoms with Crippen molar-refractivity contribution < 1.29 is 4.79 Å². The predicted octanol–water partition coefficient (Wildman–Crippen LogP) is 4.25. The lowest BCUT2D eigenvalue weighted by molar-refractivity contribution is -0.115. The van der Waals surface area contributed by atoms with Gasteiger partial charge in [-0.2, -0.15) is 0 Å². The number of aldehydes is 1. The minimum atomic E-state index is -0.109. The molecule has 5 rings (SSSR count). The fraction of sp³-hybridized carbons (Fsp3) is 0.250. The standard InChI is InChI=1S/C24H23ClN4O/c25-21-4-3-18-9-17(1-2-19(18)10-21)13-28-7-8-29(23(15-28)16-30)14-22-11-20-12-26-6-5-24(20)27-22/h1-6,9-12,16,23,27H,7-8,13-15H2. The lowest BCUT2D eigenvalue weighted by Gasteiger charge is -2.38. The highest BCUT2D eigenvalue weighted by Crippen LogP contribution is 2.23. The van der Waals surface area contributed by atoms with Crippen LogP contribution in [0.2, 0.25) is 5.02 Å². The molecule has 1 unspecified atom stereocenters. The van der Waals surface area contributed by atoms with Crippen LogP contribution in [0.5, 0.6) is 0 Å². The predicted molar refractivity (Wildman–Crippen MR) is 121 cm³/mol. The Hall–Kier alpha value is -2.73. The van der Waals surface area contributed by atoms with E-state index in [-0.39, 0.29) is 6.04 Å². The Kier molecular flexibility index (Phi) is 5.25. The van der Waals surface area contributed by atoms with E-state index in [2.05, 4.69) is 50.1 Å². The van der Waals surface area contributed by atoms with Gasteiger partial charge in [0.2, 0.25) is 0 Å². The van der Waals surface area contributed by atoms with E-state index in [4.69, 9.17) is 11.6 Å². The SMILES string of the molecule is O=CC1CN(Cc2ccc3cc(Cl)ccc3c2)CCN1Cc1cc2cnccc2[nH]1. The van der Waals surface area contributed by atoms with Crippen molar-refractivity contribution in [3.8, 4) is 0 Å². The maximum absolute atomic E-state index is 11.8. The van der Waals surface area contributed by atoms with Gasteiger partial charge in [-0.25, -0.2) is 0 Å². The lowest BCUT2D eigenvalue weighted by atomic mass is 10.1. The molecule has 6 heteroatoms. The van der Waals surface area contributed by atoms with E-state index in [0.717, 1.165) is 66.0 Å². The molecule has 1 saturated heterocycles. The number of hydrogen-bond donors (Lipinski definition) is 1. The Morgan fingerprint density at radius 2 is 1.90 bits per heavy atom. The van der Waals surface area contributed by atoms with E-state index in [1.165, 1.54) is 10.9 Å². The number of piperazine rings is 1. The summed E-state index contributed by atoms with van der Waals surface area (Å²) in [6, 6.07) is 16.5. The van der Waals surface area contributed by atoms with Crippen LogP contribution < -0.4 is 0 Å². The van der Waals surface area contributed by atoms with Crippen molar-refractivity contribution in [2.45, 2.75) is 19.1 Å². The summed E-state index contributed by atoms with van der Waals surface area (Å²) < 4.78 is 0. The molecule has 1 fully saturated rings. The third-order valence-corrected chi connectivity index (χ3v) is 6.13. The summed E-state index contributed by atoms with van der Waals surface area (Å²) >= 11 is 6.09. The van der Waals surface area contributed by atoms with Gasteiger partial charge in [-0.05, 0) is 46.7 Å². The molecular formula is C24H23ClN4O. The maximum Gasteiger partial charge on any atom is 0.138 e. The highest BCUT2D eigenvalue weighted by Gasteiger charge is 2.27. The van der Waals surface area contributed by atoms with Crippen LogP contribution in [0.15, 0.2) is 60.9 Å². The summed E-state index contributed by atoms with van der Waals surface area (Å²) in [7, 11) is 0. The second-order valence-corrected chi connectivity index (χ2v) is 8.43. The number of hydrogen-bond acceptors (Lipinski definition) is 4. The second-order valence-electron chi connectivity index (χ2n) is 7.99. The zero-order chi connectivity index (χ0) is 20.5. The van der Waals surface area contributed by atoms with Gasteiger partial charge in [0.15, 0.2) is 0 Å². The Morgan fingerprint density at radius 1 is 1.03 bits per heavy atom. The summed E-state index contributed by atoms with van der Waals surface area (Å²) in [6.07, 6.45) is 4.73. The van der Waals surface area contributed by atoms with Crippen molar-refractivity contribution in [1.82, 2.24) is 19.8 Å². The number of halogens is 1. The molecule has 0 amide bonds. The number of nitrogens with one attached hydrogen (secondary N) is 1. The zero-order valence-electron chi connectivity index (χ0n) is 16.6. The summed E-state index contributed by atoms with van der Waals surface area (Å²) in [5, 5.41) is 4.20. The first-order valence-electron chi connectivity index (χ1n) is 10.2. The Bertz CT molecular complexity index is 1170. The summed E-state index contributed by atoms with van der Waals surface area (Å²) in [4.78, 5) is 24.1. The van der Waals surface area contributed by atoms with Gasteiger partial charge in [0.1, 0.15) is 6.29 Å². The number of aromatic nitrogens is 2. The number of benzene rings is 2. The fourth-order valence-electron chi connectivity index (χ4n) is 4.33. The van der Waals surface area contributed by atoms with E-state index >= 15 is 0 Å². The average Bonchev–Trinajstić information content (AvgIpc) is 3.17. The van der Waals surface area contributed by atoms with Crippen LogP contribution in [0.4, 0.5) is 0 Å². The van der Waals surface area contributed by atoms with Crippen LogP contribution in [0.1, 0.15) is 11.3 Å². The summed E-state index contributed by atoms with van der Waals surface area (Å²) in [5.74, 6) is 0. The number of rotatable bonds is 5. The summed E-state index contributed by atoms with van der Waals surface area (Å²) in [5.41, 5.74) is 3.46. The van der Waals surface area contributed by atoms with E-state index < -0.39 is 0 Å². The normalized spacial score (nSPS) is 18.2. The van der Waals surface area contributed by atoms with E-state index in [1.54, 1.807) is 6.20 Å². The van der Waals surface area contributed by atoms with Gasteiger partial charge in [0.05, 0.1) is 6.04 Å². The molecule has 4 aromatic rings. The number of pyridine rings is 1. The number of nitrogens with zero attached hydrogens (tertiary/aromatic N) is 3. The third-order valence-electron chi connectivity index (χ3n) is 5.90. The van der Waals surface area contributed by atoms with Crippen molar-refractivity contribution in [2.24, 2.45) is 0 Å². The topological polar surface area (TPSA) is 52.2 Å². The maximum atomic E-state index is 11.8. The van der Waals surface area contributed by atoms with Gasteiger partial charge < -0.3 is 9.78 Å². The molecule has 0 saturated carbocycles. The minimum absolute atomic E-state index is 0.109. The van der Waals surface area contributed by atoms with Crippen molar-refractivity contribution in [1.29, 1.82) is 0 Å². The number of H-pyrrole nitrogens is 1. The highest BCUT2D eigenvalue weighted by atomic mass is 35.5. The van der Waals surface area contributed by atoms with Gasteiger partial charge in [-0.15, -0.1) is 0 Å². The minimum Gasteiger partial charge on any atom is -0.357 e. The average molecular weight is 419 g/mol. The molecule has 30 heavy (non-hydrogen) atoms. The van der Waals surface area contributed by atoms with Crippen LogP contribution >= 0.6 is 11.6 Å². The summed E-state index contributed by atoms with van der Waals surface area (Å²) in [6.45, 7) is 4.12. The molecule has 3 heterocycles. The van der Waals surface area contributed by atoms with E-state index in [0.29, 0.717) is 0 Å². The molecule has 0 spiro atoms. The third kappa shape index (κ3) is 3.97. The molecule has 152 valence electrons. The fourth-order valence-corrected chi connectivity index (χ4v) is 4.52. The van der Waals surface area contributed by atoms with Gasteiger partial charge in [0, 0.05) is 66.7 Å². The monoisotopic (exact) mass is 418 g/mol. The molecule has 1 N–H and O–H groups in total. The quantitative estimate of drug-likeness (QED) is 0.492. The van der Waals surface area contributed by atoms with E-state index in [9.17, 15) is 4.79 Å². The number of carbonyl (C=O) groups is 1. The van der Waals surface area contributed by atoms with Gasteiger partial charge in [0.25, 0.3) is 0 Å². The Labute approximate surface area is 180 Å². The van der Waals surface area contributed by atoms with Gasteiger partial charge in [-0.3, -0.25) is 14.8 Å². The number of aromatic amines is 1. The first kappa shape index (κ1) is 19.2. The van der Waals surface area contributed by atoms with Crippen molar-refractivity contribution in [3.05, 3.63) is 77.2 Å². The second kappa shape index (κ2) is 8.19. The molecule has 0 bridgehead atoms. The highest BCUT2D eigenvalue weighted by molar-refractivity contribution is 6.31. The molecule has 1 aliphatic rings. The smallest absolute Gasteiger partial charge is 0.138 e. The van der Waals surface area contributed by atoms with E-state index in [1.807, 2.05) is 24.4 Å². The van der Waals surface area contributed by atoms with Crippen LogP contribution in [-0.4, -0.2) is 51.7 Å². The Balaban J connectivity index is 1.26. The van der Waals surface area contributed by atoms with Crippen LogP contribution in [-0.2, 0) is 17.9 Å². The molecular weight excluding hydrogens is 396 g/mol. The van der Waals surface area contributed by atoms with Crippen molar-refractivity contribution in [3.63, 3.8) is 0 Å². The number of carbonyl (C=O) groups excluding carboxylic acids is 1. The van der Waals surface area contributed by atoms with Crippen molar-refractivity contribution >= 4 is 39.6 Å². The zero-order valence-corrected chi connectivity index (χ0v) is 17.3. The first-order chi connectivity index (χ1) is 14.7. The molecule has 1 atom stereocenters. The lowest BCUT2D eigenvalue weighted by Crippen LogP contribution is -2.53. The first-order valence-corrected chi connectivity index (χ1v) is 10.6. The molecule has 2 aromatic heterocycles. The molecule has 2 aromatic carbocycles. The molecule has 5 nitrogen and oxygen atoms in total.